The molecule has 162 valence electrons. The average molecular weight is 437 g/mol. The molecule has 0 fully saturated rings. The number of ether oxygens (including phenoxy) is 1. The summed E-state index contributed by atoms with van der Waals surface area (Å²) in [7, 11) is 0. The molecular weight excluding hydrogens is 408 g/mol. The Kier molecular flexibility index (Phi) is 7.89. The molecule has 0 N–H and O–H groups in total. The minimum Gasteiger partial charge on any atom is -0.483 e. The lowest BCUT2D eigenvalue weighted by Crippen LogP contribution is -2.38. The van der Waals surface area contributed by atoms with Crippen LogP contribution < -0.4 is 9.64 Å². The second-order valence-electron chi connectivity index (χ2n) is 7.29. The van der Waals surface area contributed by atoms with Crippen LogP contribution in [0.4, 0.5) is 5.69 Å². The molecule has 0 saturated heterocycles. The molecule has 0 spiro atoms. The number of carbonyl (C=O) groups is 1. The predicted molar refractivity (Wildman–Crippen MR) is 125 cm³/mol. The van der Waals surface area contributed by atoms with Crippen LogP contribution in [0.25, 0.3) is 0 Å². The molecule has 3 aromatic rings. The molecule has 1 aromatic heterocycles. The van der Waals surface area contributed by atoms with E-state index in [9.17, 15) is 4.79 Å². The average Bonchev–Trinajstić information content (AvgIpc) is 3.16. The Labute approximate surface area is 187 Å². The molecule has 1 unspecified atom stereocenters. The highest BCUT2D eigenvalue weighted by Crippen LogP contribution is 2.26. The fourth-order valence-electron chi connectivity index (χ4n) is 3.28. The number of para-hydroxylation sites is 2. The first kappa shape index (κ1) is 22.6. The lowest BCUT2D eigenvalue weighted by Gasteiger charge is -2.26. The van der Waals surface area contributed by atoms with Gasteiger partial charge in [0.2, 0.25) is 5.91 Å². The highest BCUT2D eigenvalue weighted by molar-refractivity contribution is 7.99. The molecule has 0 radical (unpaired) electrons. The minimum absolute atomic E-state index is 0.0227. The molecule has 0 aliphatic heterocycles. The van der Waals surface area contributed by atoms with Crippen LogP contribution in [0.1, 0.15) is 32.7 Å². The van der Waals surface area contributed by atoms with Crippen molar-refractivity contribution < 1.29 is 9.53 Å². The zero-order chi connectivity index (χ0) is 22.2. The molecular formula is C24H28N4O2S. The zero-order valence-corrected chi connectivity index (χ0v) is 19.0. The van der Waals surface area contributed by atoms with Gasteiger partial charge in [0.1, 0.15) is 5.75 Å². The number of thioether (sulfide) groups is 1. The number of nitrogens with zero attached hydrogens (tertiary/aromatic N) is 4. The van der Waals surface area contributed by atoms with Crippen molar-refractivity contribution in [3.8, 4) is 5.75 Å². The Morgan fingerprint density at radius 1 is 1.10 bits per heavy atom. The lowest BCUT2D eigenvalue weighted by molar-refractivity contribution is -0.116. The number of aromatic nitrogens is 3. The van der Waals surface area contributed by atoms with Gasteiger partial charge in [0.25, 0.3) is 0 Å². The number of hydrogen-bond donors (Lipinski definition) is 0. The Bertz CT molecular complexity index is 989. The molecule has 31 heavy (non-hydrogen) atoms. The third-order valence-corrected chi connectivity index (χ3v) is 5.57. The van der Waals surface area contributed by atoms with Crippen molar-refractivity contribution in [2.24, 2.45) is 0 Å². The third kappa shape index (κ3) is 5.76. The first-order valence-corrected chi connectivity index (χ1v) is 11.3. The normalized spacial score (nSPS) is 11.9. The van der Waals surface area contributed by atoms with E-state index >= 15 is 0 Å². The van der Waals surface area contributed by atoms with Crippen molar-refractivity contribution in [2.75, 3.05) is 10.7 Å². The molecule has 6 nitrogen and oxygen atoms in total. The van der Waals surface area contributed by atoms with Crippen molar-refractivity contribution >= 4 is 23.4 Å². The number of benzene rings is 2. The maximum Gasteiger partial charge on any atom is 0.237 e. The molecule has 3 rings (SSSR count). The number of allylic oxidation sites excluding steroid dienone is 1. The van der Waals surface area contributed by atoms with Crippen molar-refractivity contribution in [1.29, 1.82) is 0 Å². The van der Waals surface area contributed by atoms with Crippen molar-refractivity contribution in [1.82, 2.24) is 14.8 Å². The molecule has 0 saturated carbocycles. The van der Waals surface area contributed by atoms with Gasteiger partial charge in [0, 0.05) is 18.3 Å². The van der Waals surface area contributed by atoms with Gasteiger partial charge in [0.05, 0.1) is 5.75 Å². The Balaban J connectivity index is 1.74. The molecule has 7 heteroatoms. The van der Waals surface area contributed by atoms with Gasteiger partial charge in [-0.2, -0.15) is 0 Å². The van der Waals surface area contributed by atoms with Gasteiger partial charge in [-0.1, -0.05) is 54.2 Å². The summed E-state index contributed by atoms with van der Waals surface area (Å²) in [5.74, 6) is 1.75. The third-order valence-electron chi connectivity index (χ3n) is 4.62. The van der Waals surface area contributed by atoms with Crippen molar-refractivity contribution in [3.05, 3.63) is 79.1 Å². The van der Waals surface area contributed by atoms with E-state index in [4.69, 9.17) is 4.74 Å². The molecule has 2 aromatic carbocycles. The van der Waals surface area contributed by atoms with E-state index in [0.29, 0.717) is 17.5 Å². The van der Waals surface area contributed by atoms with E-state index in [1.165, 1.54) is 11.8 Å². The number of carbonyl (C=O) groups excluding carboxylic acids is 1. The van der Waals surface area contributed by atoms with Crippen LogP contribution in [0, 0.1) is 0 Å². The van der Waals surface area contributed by atoms with E-state index in [0.717, 1.165) is 11.4 Å². The van der Waals surface area contributed by atoms with Crippen LogP contribution in [0.15, 0.2) is 78.5 Å². The van der Waals surface area contributed by atoms with Crippen molar-refractivity contribution in [2.45, 2.75) is 44.6 Å². The summed E-state index contributed by atoms with van der Waals surface area (Å²) in [6.45, 7) is 10.3. The van der Waals surface area contributed by atoms with Gasteiger partial charge in [-0.25, -0.2) is 0 Å². The fraction of sp³-hybridized carbons (Fsp3) is 0.292. The van der Waals surface area contributed by atoms with Gasteiger partial charge in [-0.15, -0.1) is 16.8 Å². The summed E-state index contributed by atoms with van der Waals surface area (Å²) in [5.41, 5.74) is 0.890. The van der Waals surface area contributed by atoms with E-state index in [2.05, 4.69) is 16.8 Å². The summed E-state index contributed by atoms with van der Waals surface area (Å²) in [6.07, 6.45) is 1.50. The molecule has 1 amide bonds. The van der Waals surface area contributed by atoms with Crippen molar-refractivity contribution in [3.63, 3.8) is 0 Å². The Morgan fingerprint density at radius 3 is 2.35 bits per heavy atom. The van der Waals surface area contributed by atoms with Crippen LogP contribution in [-0.2, 0) is 11.3 Å². The molecule has 0 bridgehead atoms. The predicted octanol–water partition coefficient (Wildman–Crippen LogP) is 5.14. The van der Waals surface area contributed by atoms with E-state index in [1.54, 1.807) is 6.08 Å². The SMILES string of the molecule is C=CCn1c(SCC(=O)N(c2ccccc2)C(C)C)nnc1C(C)Oc1ccccc1. The number of anilines is 1. The van der Waals surface area contributed by atoms with Gasteiger partial charge in [0.15, 0.2) is 17.1 Å². The first-order valence-electron chi connectivity index (χ1n) is 10.3. The highest BCUT2D eigenvalue weighted by Gasteiger charge is 2.23. The highest BCUT2D eigenvalue weighted by atomic mass is 32.2. The molecule has 1 atom stereocenters. The summed E-state index contributed by atoms with van der Waals surface area (Å²) < 4.78 is 7.96. The summed E-state index contributed by atoms with van der Waals surface area (Å²) >= 11 is 1.37. The molecule has 0 aliphatic carbocycles. The standard InChI is InChI=1S/C24H28N4O2S/c1-5-16-27-23(19(4)30-21-14-10-7-11-15-21)25-26-24(27)31-17-22(29)28(18(2)3)20-12-8-6-9-13-20/h5-15,18-19H,1,16-17H2,2-4H3. The minimum atomic E-state index is -0.295. The van der Waals surface area contributed by atoms with Crippen LogP contribution >= 0.6 is 11.8 Å². The second-order valence-corrected chi connectivity index (χ2v) is 8.24. The molecule has 0 aliphatic rings. The number of amides is 1. The van der Waals surface area contributed by atoms with Crippen LogP contribution in [0.5, 0.6) is 5.75 Å². The topological polar surface area (TPSA) is 60.2 Å². The van der Waals surface area contributed by atoms with E-state index in [1.807, 2.05) is 90.9 Å². The maximum absolute atomic E-state index is 13.0. The first-order chi connectivity index (χ1) is 15.0. The van der Waals surface area contributed by atoms with Crippen LogP contribution in [0.3, 0.4) is 0 Å². The fourth-order valence-corrected chi connectivity index (χ4v) is 4.09. The van der Waals surface area contributed by atoms with Gasteiger partial charge < -0.3 is 9.64 Å². The largest absolute Gasteiger partial charge is 0.483 e. The zero-order valence-electron chi connectivity index (χ0n) is 18.1. The maximum atomic E-state index is 13.0. The Hall–Kier alpha value is -3.06. The van der Waals surface area contributed by atoms with Gasteiger partial charge in [-0.05, 0) is 45.0 Å². The van der Waals surface area contributed by atoms with Crippen LogP contribution in [0.2, 0.25) is 0 Å². The second kappa shape index (κ2) is 10.8. The Morgan fingerprint density at radius 2 is 1.74 bits per heavy atom. The molecule has 1 heterocycles. The summed E-state index contributed by atoms with van der Waals surface area (Å²) in [5, 5.41) is 9.34. The van der Waals surface area contributed by atoms with Gasteiger partial charge in [-0.3, -0.25) is 9.36 Å². The lowest BCUT2D eigenvalue weighted by atomic mass is 10.2. The smallest absolute Gasteiger partial charge is 0.237 e. The summed E-state index contributed by atoms with van der Waals surface area (Å²) in [6, 6.07) is 19.4. The van der Waals surface area contributed by atoms with Crippen LogP contribution in [-0.4, -0.2) is 32.5 Å². The summed E-state index contributed by atoms with van der Waals surface area (Å²) in [4.78, 5) is 14.8. The number of hydrogen-bond acceptors (Lipinski definition) is 5. The monoisotopic (exact) mass is 436 g/mol. The van der Waals surface area contributed by atoms with E-state index < -0.39 is 0 Å². The van der Waals surface area contributed by atoms with Gasteiger partial charge >= 0.3 is 0 Å². The number of rotatable bonds is 10. The van der Waals surface area contributed by atoms with E-state index in [-0.39, 0.29) is 23.8 Å². The quantitative estimate of drug-likeness (QED) is 0.325.